The molecule has 0 aromatic rings. The molecule has 35 heavy (non-hydrogen) atoms. The quantitative estimate of drug-likeness (QED) is 0.226. The summed E-state index contributed by atoms with van der Waals surface area (Å²) in [6.45, 7) is 20.2. The fraction of sp³-hybridized carbons (Fsp3) is 1.00. The molecule has 206 valence electrons. The molecule has 1 aliphatic heterocycles. The van der Waals surface area contributed by atoms with E-state index in [4.69, 9.17) is 0 Å². The molecule has 1 N–H and O–H groups in total. The summed E-state index contributed by atoms with van der Waals surface area (Å²) < 4.78 is 0. The van der Waals surface area contributed by atoms with Crippen LogP contribution in [0, 0.1) is 46.3 Å². The maximum Gasteiger partial charge on any atom is 0.0155 e. The van der Waals surface area contributed by atoms with Crippen LogP contribution >= 0.6 is 0 Å². The average molecular weight is 488 g/mol. The van der Waals surface area contributed by atoms with Gasteiger partial charge in [-0.05, 0) is 91.3 Å². The molecule has 0 aromatic carbocycles. The summed E-state index contributed by atoms with van der Waals surface area (Å²) in [6.07, 6.45) is 23.0. The van der Waals surface area contributed by atoms with Crippen molar-refractivity contribution in [1.29, 1.82) is 0 Å². The Hall–Kier alpha value is -0.0400. The van der Waals surface area contributed by atoms with E-state index in [9.17, 15) is 0 Å². The number of hydrogen-bond donors (Lipinski definition) is 1. The first-order valence-electron chi connectivity index (χ1n) is 16.4. The van der Waals surface area contributed by atoms with E-state index in [1.165, 1.54) is 103 Å². The molecular formula is C34H65N. The molecule has 1 heterocycles. The second-order valence-corrected chi connectivity index (χ2v) is 14.9. The molecule has 1 saturated heterocycles. The van der Waals surface area contributed by atoms with Crippen molar-refractivity contribution in [2.45, 2.75) is 170 Å². The summed E-state index contributed by atoms with van der Waals surface area (Å²) in [5.41, 5.74) is 0.960. The molecular weight excluding hydrogens is 422 g/mol. The second kappa shape index (κ2) is 13.2. The fourth-order valence-electron chi connectivity index (χ4n) is 9.60. The van der Waals surface area contributed by atoms with Gasteiger partial charge in [-0.15, -0.1) is 0 Å². The van der Waals surface area contributed by atoms with Gasteiger partial charge in [0.25, 0.3) is 0 Å². The van der Waals surface area contributed by atoms with Gasteiger partial charge in [0.1, 0.15) is 0 Å². The molecule has 3 fully saturated rings. The van der Waals surface area contributed by atoms with Crippen molar-refractivity contribution in [2.75, 3.05) is 0 Å². The molecule has 0 bridgehead atoms. The summed E-state index contributed by atoms with van der Waals surface area (Å²) in [4.78, 5) is 0. The first-order chi connectivity index (χ1) is 16.7. The lowest BCUT2D eigenvalue weighted by atomic mass is 9.62. The molecule has 0 amide bonds. The molecule has 3 aliphatic rings. The lowest BCUT2D eigenvalue weighted by Gasteiger charge is -2.44. The molecule has 1 nitrogen and oxygen atoms in total. The van der Waals surface area contributed by atoms with Gasteiger partial charge in [0, 0.05) is 12.1 Å². The minimum atomic E-state index is 0.465. The normalized spacial score (nSPS) is 35.5. The third kappa shape index (κ3) is 6.89. The van der Waals surface area contributed by atoms with Gasteiger partial charge in [-0.3, -0.25) is 0 Å². The molecule has 8 atom stereocenters. The van der Waals surface area contributed by atoms with Gasteiger partial charge in [0.05, 0.1) is 0 Å². The monoisotopic (exact) mass is 488 g/mol. The van der Waals surface area contributed by atoms with E-state index < -0.39 is 0 Å². The largest absolute Gasteiger partial charge is 0.310 e. The summed E-state index contributed by atoms with van der Waals surface area (Å²) in [7, 11) is 0. The lowest BCUT2D eigenvalue weighted by molar-refractivity contribution is 0.0615. The van der Waals surface area contributed by atoms with Crippen LogP contribution < -0.4 is 5.32 Å². The van der Waals surface area contributed by atoms with Crippen molar-refractivity contribution in [2.24, 2.45) is 46.3 Å². The van der Waals surface area contributed by atoms with Crippen LogP contribution in [-0.4, -0.2) is 12.1 Å². The van der Waals surface area contributed by atoms with Crippen LogP contribution in [-0.2, 0) is 0 Å². The topological polar surface area (TPSA) is 12.0 Å². The van der Waals surface area contributed by atoms with E-state index in [-0.39, 0.29) is 0 Å². The van der Waals surface area contributed by atoms with E-state index in [1.807, 2.05) is 0 Å². The Kier molecular flexibility index (Phi) is 11.1. The minimum Gasteiger partial charge on any atom is -0.310 e. The van der Waals surface area contributed by atoms with Crippen molar-refractivity contribution < 1.29 is 0 Å². The van der Waals surface area contributed by atoms with Crippen molar-refractivity contribution in [3.63, 3.8) is 0 Å². The molecule has 3 rings (SSSR count). The Morgan fingerprint density at radius 1 is 0.857 bits per heavy atom. The van der Waals surface area contributed by atoms with E-state index in [0.29, 0.717) is 10.8 Å². The van der Waals surface area contributed by atoms with Gasteiger partial charge in [0.2, 0.25) is 0 Å². The first kappa shape index (κ1) is 29.5. The van der Waals surface area contributed by atoms with Crippen molar-refractivity contribution in [1.82, 2.24) is 5.32 Å². The Bertz CT molecular complexity index is 596. The third-order valence-corrected chi connectivity index (χ3v) is 11.5. The first-order valence-corrected chi connectivity index (χ1v) is 16.4. The standard InChI is InChI=1S/C34H65N/c1-9-12-14-15-16-17-19-26-27(29(18-11-3)33(5,6)22-13-10-2)20-21-28(26)32-34(7,8)30-23-25(4)24-31(30)35-32/h25-32,35H,9-24H2,1-8H3. The zero-order valence-electron chi connectivity index (χ0n) is 25.4. The predicted octanol–water partition coefficient (Wildman–Crippen LogP) is 10.4. The third-order valence-electron chi connectivity index (χ3n) is 11.5. The number of fused-ring (bicyclic) bond motifs is 1. The van der Waals surface area contributed by atoms with Crippen LogP contribution in [0.4, 0.5) is 0 Å². The highest BCUT2D eigenvalue weighted by Gasteiger charge is 2.57. The Balaban J connectivity index is 1.78. The summed E-state index contributed by atoms with van der Waals surface area (Å²) in [5, 5.41) is 4.33. The molecule has 2 aliphatic carbocycles. The maximum absolute atomic E-state index is 4.33. The fourth-order valence-corrected chi connectivity index (χ4v) is 9.60. The number of rotatable bonds is 15. The highest BCUT2D eigenvalue weighted by Crippen LogP contribution is 2.58. The molecule has 8 unspecified atom stereocenters. The molecule has 0 aromatic heterocycles. The highest BCUT2D eigenvalue weighted by molar-refractivity contribution is 5.11. The number of hydrogen-bond acceptors (Lipinski definition) is 1. The van der Waals surface area contributed by atoms with Crippen molar-refractivity contribution >= 4 is 0 Å². The number of unbranched alkanes of at least 4 members (excludes halogenated alkanes) is 6. The minimum absolute atomic E-state index is 0.465. The van der Waals surface area contributed by atoms with E-state index in [0.717, 1.165) is 47.6 Å². The zero-order chi connectivity index (χ0) is 25.6. The van der Waals surface area contributed by atoms with Gasteiger partial charge in [-0.25, -0.2) is 0 Å². The number of nitrogens with one attached hydrogen (secondary N) is 1. The highest BCUT2D eigenvalue weighted by atomic mass is 15.1. The molecule has 1 heteroatoms. The summed E-state index contributed by atoms with van der Waals surface area (Å²) in [6, 6.07) is 1.55. The van der Waals surface area contributed by atoms with Gasteiger partial charge < -0.3 is 5.32 Å². The molecule has 0 spiro atoms. The average Bonchev–Trinajstić information content (AvgIpc) is 3.45. The van der Waals surface area contributed by atoms with Crippen molar-refractivity contribution in [3.8, 4) is 0 Å². The smallest absolute Gasteiger partial charge is 0.0155 e. The van der Waals surface area contributed by atoms with Gasteiger partial charge in [-0.2, -0.15) is 0 Å². The van der Waals surface area contributed by atoms with Gasteiger partial charge in [0.15, 0.2) is 0 Å². The molecule has 0 radical (unpaired) electrons. The van der Waals surface area contributed by atoms with Gasteiger partial charge in [-0.1, -0.05) is 113 Å². The SMILES string of the molecule is CCCCCCCCC1C(C(CCC)C(C)(C)CCCC)CCC1C1NC2CC(C)CC2C1(C)C. The van der Waals surface area contributed by atoms with E-state index >= 15 is 0 Å². The Morgan fingerprint density at radius 3 is 2.20 bits per heavy atom. The summed E-state index contributed by atoms with van der Waals surface area (Å²) in [5.74, 6) is 5.56. The van der Waals surface area contributed by atoms with E-state index in [1.54, 1.807) is 0 Å². The van der Waals surface area contributed by atoms with Crippen LogP contribution in [0.5, 0.6) is 0 Å². The Morgan fingerprint density at radius 2 is 1.54 bits per heavy atom. The maximum atomic E-state index is 4.33. The van der Waals surface area contributed by atoms with Gasteiger partial charge >= 0.3 is 0 Å². The van der Waals surface area contributed by atoms with Crippen LogP contribution in [0.15, 0.2) is 0 Å². The van der Waals surface area contributed by atoms with Crippen LogP contribution in [0.2, 0.25) is 0 Å². The second-order valence-electron chi connectivity index (χ2n) is 14.9. The predicted molar refractivity (Wildman–Crippen MR) is 156 cm³/mol. The lowest BCUT2D eigenvalue weighted by Crippen LogP contribution is -2.45. The van der Waals surface area contributed by atoms with Crippen molar-refractivity contribution in [3.05, 3.63) is 0 Å². The molecule has 2 saturated carbocycles. The zero-order valence-corrected chi connectivity index (χ0v) is 25.4. The van der Waals surface area contributed by atoms with Crippen LogP contribution in [0.25, 0.3) is 0 Å². The van der Waals surface area contributed by atoms with E-state index in [2.05, 4.69) is 60.7 Å². The summed E-state index contributed by atoms with van der Waals surface area (Å²) >= 11 is 0. The van der Waals surface area contributed by atoms with Crippen LogP contribution in [0.1, 0.15) is 158 Å². The Labute approximate surface area is 221 Å². The van der Waals surface area contributed by atoms with Crippen LogP contribution in [0.3, 0.4) is 0 Å².